The van der Waals surface area contributed by atoms with Gasteiger partial charge in [0.2, 0.25) is 0 Å². The van der Waals surface area contributed by atoms with E-state index in [1.165, 1.54) is 19.2 Å². The lowest BCUT2D eigenvalue weighted by atomic mass is 9.97. The van der Waals surface area contributed by atoms with Crippen molar-refractivity contribution in [3.8, 4) is 5.75 Å². The van der Waals surface area contributed by atoms with Crippen LogP contribution in [-0.2, 0) is 0 Å². The number of methoxy groups -OCH3 is 1. The van der Waals surface area contributed by atoms with E-state index >= 15 is 0 Å². The normalized spacial score (nSPS) is 16.5. The molecule has 0 saturated carbocycles. The van der Waals surface area contributed by atoms with Crippen molar-refractivity contribution in [2.24, 2.45) is 5.92 Å². The van der Waals surface area contributed by atoms with Crippen molar-refractivity contribution in [2.75, 3.05) is 26.8 Å². The van der Waals surface area contributed by atoms with Crippen LogP contribution in [0.5, 0.6) is 5.75 Å². The molecule has 0 spiro atoms. The second-order valence-electron chi connectivity index (χ2n) is 4.76. The molecule has 1 aromatic carbocycles. The van der Waals surface area contributed by atoms with E-state index in [2.05, 4.69) is 0 Å². The molecule has 1 saturated heterocycles. The monoisotopic (exact) mass is 267 g/mol. The van der Waals surface area contributed by atoms with Gasteiger partial charge < -0.3 is 14.7 Å². The zero-order valence-corrected chi connectivity index (χ0v) is 10.9. The number of aliphatic hydroxyl groups excluding tert-OH is 1. The van der Waals surface area contributed by atoms with Gasteiger partial charge >= 0.3 is 0 Å². The molecule has 19 heavy (non-hydrogen) atoms. The number of halogens is 1. The van der Waals surface area contributed by atoms with Crippen LogP contribution in [0.3, 0.4) is 0 Å². The Bertz CT molecular complexity index is 456. The van der Waals surface area contributed by atoms with Gasteiger partial charge in [-0.15, -0.1) is 0 Å². The number of nitrogens with zero attached hydrogens (tertiary/aromatic N) is 1. The van der Waals surface area contributed by atoms with E-state index in [1.54, 1.807) is 11.0 Å². The van der Waals surface area contributed by atoms with Gasteiger partial charge in [-0.05, 0) is 30.9 Å². The standard InChI is InChI=1S/C14H18FNO3/c1-19-11-2-3-12(13(15)8-11)14(18)16-6-4-10(9-17)5-7-16/h2-3,8,10,17H,4-7,9H2,1H3. The molecule has 0 aromatic heterocycles. The first-order valence-electron chi connectivity index (χ1n) is 6.39. The van der Waals surface area contributed by atoms with Gasteiger partial charge in [0.25, 0.3) is 5.91 Å². The number of amides is 1. The minimum Gasteiger partial charge on any atom is -0.497 e. The number of piperidine rings is 1. The fraction of sp³-hybridized carbons (Fsp3) is 0.500. The van der Waals surface area contributed by atoms with E-state index in [9.17, 15) is 9.18 Å². The maximum absolute atomic E-state index is 13.8. The van der Waals surface area contributed by atoms with E-state index in [0.29, 0.717) is 18.8 Å². The Labute approximate surface area is 111 Å². The zero-order chi connectivity index (χ0) is 13.8. The highest BCUT2D eigenvalue weighted by molar-refractivity contribution is 5.94. The zero-order valence-electron chi connectivity index (χ0n) is 10.9. The van der Waals surface area contributed by atoms with Crippen LogP contribution in [0.25, 0.3) is 0 Å². The molecule has 1 amide bonds. The van der Waals surface area contributed by atoms with Crippen LogP contribution < -0.4 is 4.74 Å². The number of aliphatic hydroxyl groups is 1. The van der Waals surface area contributed by atoms with Crippen LogP contribution in [0.15, 0.2) is 18.2 Å². The van der Waals surface area contributed by atoms with Crippen LogP contribution in [-0.4, -0.2) is 42.7 Å². The maximum atomic E-state index is 13.8. The molecule has 104 valence electrons. The van der Waals surface area contributed by atoms with Gasteiger partial charge in [0.15, 0.2) is 0 Å². The Hall–Kier alpha value is -1.62. The van der Waals surface area contributed by atoms with Crippen LogP contribution in [0.1, 0.15) is 23.2 Å². The Morgan fingerprint density at radius 1 is 1.47 bits per heavy atom. The maximum Gasteiger partial charge on any atom is 0.256 e. The number of carbonyl (C=O) groups is 1. The van der Waals surface area contributed by atoms with Crippen LogP contribution in [0, 0.1) is 11.7 Å². The van der Waals surface area contributed by atoms with E-state index in [4.69, 9.17) is 9.84 Å². The van der Waals surface area contributed by atoms with Gasteiger partial charge in [0.05, 0.1) is 12.7 Å². The van der Waals surface area contributed by atoms with E-state index < -0.39 is 5.82 Å². The predicted octanol–water partition coefficient (Wildman–Crippen LogP) is 1.68. The molecule has 0 radical (unpaired) electrons. The van der Waals surface area contributed by atoms with E-state index in [-0.39, 0.29) is 24.0 Å². The number of ether oxygens (including phenoxy) is 1. The predicted molar refractivity (Wildman–Crippen MR) is 68.7 cm³/mol. The topological polar surface area (TPSA) is 49.8 Å². The highest BCUT2D eigenvalue weighted by atomic mass is 19.1. The highest BCUT2D eigenvalue weighted by Gasteiger charge is 2.24. The van der Waals surface area contributed by atoms with Gasteiger partial charge in [0.1, 0.15) is 11.6 Å². The molecular formula is C14H18FNO3. The molecule has 0 bridgehead atoms. The first-order valence-corrected chi connectivity index (χ1v) is 6.39. The summed E-state index contributed by atoms with van der Waals surface area (Å²) >= 11 is 0. The lowest BCUT2D eigenvalue weighted by molar-refractivity contribution is 0.0646. The molecule has 2 rings (SSSR count). The van der Waals surface area contributed by atoms with E-state index in [0.717, 1.165) is 12.8 Å². The largest absolute Gasteiger partial charge is 0.497 e. The van der Waals surface area contributed by atoms with Crippen molar-refractivity contribution in [3.05, 3.63) is 29.6 Å². The summed E-state index contributed by atoms with van der Waals surface area (Å²) in [5.74, 6) is -0.206. The summed E-state index contributed by atoms with van der Waals surface area (Å²) in [6.07, 6.45) is 1.53. The third-order valence-corrected chi connectivity index (χ3v) is 3.57. The van der Waals surface area contributed by atoms with E-state index in [1.807, 2.05) is 0 Å². The third-order valence-electron chi connectivity index (χ3n) is 3.57. The van der Waals surface area contributed by atoms with Gasteiger partial charge in [-0.1, -0.05) is 0 Å². The van der Waals surface area contributed by atoms with Crippen molar-refractivity contribution >= 4 is 5.91 Å². The lowest BCUT2D eigenvalue weighted by Gasteiger charge is -2.31. The Kier molecular flexibility index (Phi) is 4.37. The number of likely N-dealkylation sites (tertiary alicyclic amines) is 1. The number of hydrogen-bond donors (Lipinski definition) is 1. The fourth-order valence-corrected chi connectivity index (χ4v) is 2.29. The molecule has 1 fully saturated rings. The fourth-order valence-electron chi connectivity index (χ4n) is 2.29. The number of carbonyl (C=O) groups excluding carboxylic acids is 1. The molecule has 0 atom stereocenters. The third kappa shape index (κ3) is 3.04. The quantitative estimate of drug-likeness (QED) is 0.906. The molecule has 4 nitrogen and oxygen atoms in total. The minimum absolute atomic E-state index is 0.0725. The first kappa shape index (κ1) is 13.8. The minimum atomic E-state index is -0.561. The summed E-state index contributed by atoms with van der Waals surface area (Å²) in [6.45, 7) is 1.28. The Balaban J connectivity index is 2.08. The van der Waals surface area contributed by atoms with Crippen molar-refractivity contribution in [2.45, 2.75) is 12.8 Å². The van der Waals surface area contributed by atoms with Crippen molar-refractivity contribution < 1.29 is 19.0 Å². The van der Waals surface area contributed by atoms with Crippen molar-refractivity contribution in [1.82, 2.24) is 4.90 Å². The van der Waals surface area contributed by atoms with Crippen LogP contribution in [0.4, 0.5) is 4.39 Å². The second kappa shape index (κ2) is 6.02. The molecule has 1 heterocycles. The van der Waals surface area contributed by atoms with Crippen molar-refractivity contribution in [1.29, 1.82) is 0 Å². The SMILES string of the molecule is COc1ccc(C(=O)N2CCC(CO)CC2)c(F)c1. The molecule has 1 aliphatic rings. The molecular weight excluding hydrogens is 249 g/mol. The molecule has 0 aliphatic carbocycles. The molecule has 1 aliphatic heterocycles. The smallest absolute Gasteiger partial charge is 0.256 e. The summed E-state index contributed by atoms with van der Waals surface area (Å²) in [5, 5.41) is 9.06. The first-order chi connectivity index (χ1) is 9.15. The average Bonchev–Trinajstić information content (AvgIpc) is 2.46. The highest BCUT2D eigenvalue weighted by Crippen LogP contribution is 2.21. The summed E-state index contributed by atoms with van der Waals surface area (Å²) in [7, 11) is 1.45. The Morgan fingerprint density at radius 3 is 2.68 bits per heavy atom. The van der Waals surface area contributed by atoms with Crippen LogP contribution >= 0.6 is 0 Å². The molecule has 1 aromatic rings. The summed E-state index contributed by atoms with van der Waals surface area (Å²) in [5.41, 5.74) is 0.0725. The van der Waals surface area contributed by atoms with Crippen molar-refractivity contribution in [3.63, 3.8) is 0 Å². The van der Waals surface area contributed by atoms with Gasteiger partial charge in [-0.25, -0.2) is 4.39 Å². The lowest BCUT2D eigenvalue weighted by Crippen LogP contribution is -2.39. The number of rotatable bonds is 3. The average molecular weight is 267 g/mol. The molecule has 0 unspecified atom stereocenters. The van der Waals surface area contributed by atoms with Crippen LogP contribution in [0.2, 0.25) is 0 Å². The van der Waals surface area contributed by atoms with Gasteiger partial charge in [-0.3, -0.25) is 4.79 Å². The summed E-state index contributed by atoms with van der Waals surface area (Å²) in [6, 6.07) is 4.25. The molecule has 5 heteroatoms. The Morgan fingerprint density at radius 2 is 2.16 bits per heavy atom. The molecule has 1 N–H and O–H groups in total. The van der Waals surface area contributed by atoms with Gasteiger partial charge in [-0.2, -0.15) is 0 Å². The number of hydrogen-bond acceptors (Lipinski definition) is 3. The number of benzene rings is 1. The second-order valence-corrected chi connectivity index (χ2v) is 4.76. The van der Waals surface area contributed by atoms with Gasteiger partial charge in [0, 0.05) is 25.8 Å². The summed E-state index contributed by atoms with van der Waals surface area (Å²) in [4.78, 5) is 13.8. The summed E-state index contributed by atoms with van der Waals surface area (Å²) < 4.78 is 18.7.